The third-order valence-corrected chi connectivity index (χ3v) is 12.3. The number of rotatable bonds is 5. The Morgan fingerprint density at radius 2 is 1.09 bits per heavy atom. The molecule has 0 saturated heterocycles. The molecule has 212 valence electrons. The third-order valence-electron chi connectivity index (χ3n) is 8.08. The zero-order valence-electron chi connectivity index (χ0n) is 38.2. The maximum absolute atomic E-state index is 9.34. The number of furan rings is 1. The Kier molecular flexibility index (Phi) is 3.34. The predicted molar refractivity (Wildman–Crippen MR) is 187 cm³/mol. The van der Waals surface area contributed by atoms with E-state index in [1.807, 2.05) is 53.1 Å². The van der Waals surface area contributed by atoms with Gasteiger partial charge in [-0.3, -0.25) is 4.57 Å². The fourth-order valence-electron chi connectivity index (χ4n) is 6.23. The first-order valence-electron chi connectivity index (χ1n) is 21.4. The van der Waals surface area contributed by atoms with Crippen molar-refractivity contribution in [2.75, 3.05) is 0 Å². The molecule has 5 heteroatoms. The molecule has 0 fully saturated rings. The second-order valence-electron chi connectivity index (χ2n) is 10.3. The summed E-state index contributed by atoms with van der Waals surface area (Å²) in [5.74, 6) is 0.362. The normalized spacial score (nSPS) is 16.7. The first-order valence-corrected chi connectivity index (χ1v) is 15.9. The van der Waals surface area contributed by atoms with E-state index in [0.29, 0.717) is 5.82 Å². The smallest absolute Gasteiger partial charge is 0.197 e. The van der Waals surface area contributed by atoms with Crippen LogP contribution in [0.1, 0.15) is 20.6 Å². The standard InChI is InChI=1S/C40H27N3OSi/c1-4-14-28(15-5-1)45(29-16-6-2-7-17-29,30-18-8-3-9-19-30)31-24-25-37-34(26-31)38-39(44-37)40(42-27-41-38)43-35-22-12-10-20-32(35)33-21-11-13-23-36(33)43/h1-27H/i1D,2D,3D,4D,5D,6D,7D,8D,9D,14D,15D,16D,17D,18D,19D. The molecule has 6 aromatic carbocycles. The number of aromatic nitrogens is 3. The Morgan fingerprint density at radius 1 is 0.556 bits per heavy atom. The van der Waals surface area contributed by atoms with Gasteiger partial charge in [0.15, 0.2) is 19.5 Å². The predicted octanol–water partition coefficient (Wildman–Crippen LogP) is 6.85. The molecular weight excluding hydrogens is 567 g/mol. The van der Waals surface area contributed by atoms with Crippen molar-refractivity contribution in [3.05, 3.63) is 164 Å². The average Bonchev–Trinajstić information content (AvgIpc) is 3.80. The van der Waals surface area contributed by atoms with Gasteiger partial charge in [-0.15, -0.1) is 0 Å². The molecule has 0 bridgehead atoms. The van der Waals surface area contributed by atoms with Crippen molar-refractivity contribution in [1.82, 2.24) is 14.5 Å². The van der Waals surface area contributed by atoms with E-state index in [-0.39, 0.29) is 27.3 Å². The number of hydrogen-bond acceptors (Lipinski definition) is 3. The van der Waals surface area contributed by atoms with Gasteiger partial charge in [-0.05, 0) is 45.0 Å². The van der Waals surface area contributed by atoms with E-state index >= 15 is 0 Å². The van der Waals surface area contributed by atoms with Crippen LogP contribution in [0.5, 0.6) is 0 Å². The lowest BCUT2D eigenvalue weighted by Crippen LogP contribution is -2.74. The molecule has 0 radical (unpaired) electrons. The number of fused-ring (bicyclic) bond motifs is 6. The molecule has 0 N–H and O–H groups in total. The molecular formula is C40H27N3OSi. The van der Waals surface area contributed by atoms with Gasteiger partial charge in [0.25, 0.3) is 0 Å². The zero-order valence-corrected chi connectivity index (χ0v) is 24.2. The minimum Gasteiger partial charge on any atom is -0.450 e. The largest absolute Gasteiger partial charge is 0.450 e. The van der Waals surface area contributed by atoms with E-state index in [1.165, 1.54) is 24.5 Å². The quantitative estimate of drug-likeness (QED) is 0.159. The number of hydrogen-bond donors (Lipinski definition) is 0. The van der Waals surface area contributed by atoms with Crippen molar-refractivity contribution in [3.63, 3.8) is 0 Å². The Bertz CT molecular complexity index is 3060. The van der Waals surface area contributed by atoms with Gasteiger partial charge in [-0.1, -0.05) is 133 Å². The molecule has 0 aliphatic heterocycles. The summed E-state index contributed by atoms with van der Waals surface area (Å²) in [5.41, 5.74) is 2.31. The SMILES string of the molecule is [2H]c1c([2H])c([2H])c([Si](c2ccc3oc4c(-n5c6ccccc6c6ccccc65)ncnc4c3c2)(c2c([2H])c([2H])c([2H])c([2H])c2[2H])c2c([2H])c([2H])c([2H])c([2H])c2[2H])c([2H])c1[2H]. The first-order chi connectivity index (χ1) is 28.5. The van der Waals surface area contributed by atoms with Crippen LogP contribution in [0.2, 0.25) is 0 Å². The summed E-state index contributed by atoms with van der Waals surface area (Å²) in [6, 6.07) is 7.26. The summed E-state index contributed by atoms with van der Waals surface area (Å²) in [5, 5.41) is 0.353. The van der Waals surface area contributed by atoms with Crippen LogP contribution >= 0.6 is 0 Å². The fraction of sp³-hybridized carbons (Fsp3) is 0. The molecule has 0 saturated carbocycles. The second kappa shape index (κ2) is 10.1. The summed E-state index contributed by atoms with van der Waals surface area (Å²) < 4.78 is 142. The molecule has 0 aliphatic rings. The van der Waals surface area contributed by atoms with Crippen LogP contribution in [0.15, 0.2) is 168 Å². The van der Waals surface area contributed by atoms with Crippen LogP contribution in [-0.4, -0.2) is 22.6 Å². The Balaban J connectivity index is 1.51. The molecule has 0 atom stereocenters. The summed E-state index contributed by atoms with van der Waals surface area (Å²) in [6.45, 7) is 0. The van der Waals surface area contributed by atoms with Crippen molar-refractivity contribution < 1.29 is 25.0 Å². The lowest BCUT2D eigenvalue weighted by atomic mass is 10.2. The summed E-state index contributed by atoms with van der Waals surface area (Å²) >= 11 is 0. The molecule has 0 unspecified atom stereocenters. The van der Waals surface area contributed by atoms with Gasteiger partial charge in [0.1, 0.15) is 17.4 Å². The molecule has 3 aromatic heterocycles. The van der Waals surface area contributed by atoms with Gasteiger partial charge >= 0.3 is 0 Å². The second-order valence-corrected chi connectivity index (χ2v) is 13.9. The fourth-order valence-corrected chi connectivity index (χ4v) is 10.0. The minimum atomic E-state index is -5.33. The first kappa shape index (κ1) is 14.8. The molecule has 3 heterocycles. The van der Waals surface area contributed by atoms with Crippen molar-refractivity contribution in [1.29, 1.82) is 0 Å². The van der Waals surface area contributed by atoms with Gasteiger partial charge < -0.3 is 4.42 Å². The molecule has 0 aliphatic carbocycles. The maximum Gasteiger partial charge on any atom is 0.197 e. The van der Waals surface area contributed by atoms with Crippen LogP contribution in [0.4, 0.5) is 0 Å². The Morgan fingerprint density at radius 3 is 1.64 bits per heavy atom. The van der Waals surface area contributed by atoms with E-state index in [9.17, 15) is 8.22 Å². The summed E-state index contributed by atoms with van der Waals surface area (Å²) in [6.07, 6.45) is 1.33. The number of benzene rings is 6. The number of nitrogens with zero attached hydrogens (tertiary/aromatic N) is 3. The van der Waals surface area contributed by atoms with Crippen molar-refractivity contribution in [3.8, 4) is 5.82 Å². The van der Waals surface area contributed by atoms with Crippen molar-refractivity contribution in [2.45, 2.75) is 0 Å². The van der Waals surface area contributed by atoms with Crippen molar-refractivity contribution in [2.24, 2.45) is 0 Å². The minimum absolute atomic E-state index is 0.0506. The van der Waals surface area contributed by atoms with E-state index in [1.54, 1.807) is 0 Å². The van der Waals surface area contributed by atoms with E-state index in [0.717, 1.165) is 21.8 Å². The van der Waals surface area contributed by atoms with Crippen LogP contribution in [-0.2, 0) is 0 Å². The molecule has 0 amide bonds. The lowest BCUT2D eigenvalue weighted by molar-refractivity contribution is 0.662. The zero-order chi connectivity index (χ0) is 42.8. The highest BCUT2D eigenvalue weighted by Crippen LogP contribution is 2.36. The third kappa shape index (κ3) is 3.78. The van der Waals surface area contributed by atoms with Gasteiger partial charge in [-0.2, -0.15) is 0 Å². The highest BCUT2D eigenvalue weighted by Gasteiger charge is 2.41. The van der Waals surface area contributed by atoms with E-state index < -0.39 is 114 Å². The monoisotopic (exact) mass is 608 g/mol. The molecule has 9 aromatic rings. The topological polar surface area (TPSA) is 43.9 Å². The Labute approximate surface area is 281 Å². The molecule has 45 heavy (non-hydrogen) atoms. The maximum atomic E-state index is 9.34. The summed E-state index contributed by atoms with van der Waals surface area (Å²) in [7, 11) is -5.33. The van der Waals surface area contributed by atoms with Crippen molar-refractivity contribution >= 4 is 72.7 Å². The number of para-hydroxylation sites is 2. The Hall–Kier alpha value is -5.78. The van der Waals surface area contributed by atoms with Crippen LogP contribution in [0.25, 0.3) is 49.7 Å². The van der Waals surface area contributed by atoms with Crippen LogP contribution < -0.4 is 20.7 Å². The highest BCUT2D eigenvalue weighted by atomic mass is 28.3. The average molecular weight is 609 g/mol. The lowest BCUT2D eigenvalue weighted by Gasteiger charge is -2.34. The van der Waals surface area contributed by atoms with Gasteiger partial charge in [0.05, 0.1) is 31.6 Å². The van der Waals surface area contributed by atoms with Gasteiger partial charge in [0, 0.05) is 16.2 Å². The van der Waals surface area contributed by atoms with Gasteiger partial charge in [0.2, 0.25) is 0 Å². The molecule has 0 spiro atoms. The van der Waals surface area contributed by atoms with E-state index in [4.69, 9.17) is 16.8 Å². The van der Waals surface area contributed by atoms with E-state index in [2.05, 4.69) is 9.97 Å². The highest BCUT2D eigenvalue weighted by molar-refractivity contribution is 7.20. The van der Waals surface area contributed by atoms with Gasteiger partial charge in [-0.25, -0.2) is 9.97 Å². The van der Waals surface area contributed by atoms with Crippen LogP contribution in [0.3, 0.4) is 0 Å². The molecule has 4 nitrogen and oxygen atoms in total. The molecule has 9 rings (SSSR count). The summed E-state index contributed by atoms with van der Waals surface area (Å²) in [4.78, 5) is 9.24. The van der Waals surface area contributed by atoms with Crippen LogP contribution in [0, 0.1) is 0 Å².